The zero-order valence-corrected chi connectivity index (χ0v) is 21.9. The molecule has 7 nitrogen and oxygen atoms in total. The molecule has 0 aliphatic carbocycles. The highest BCUT2D eigenvalue weighted by Crippen LogP contribution is 2.30. The molecule has 1 heterocycles. The van der Waals surface area contributed by atoms with Crippen molar-refractivity contribution in [2.45, 2.75) is 25.8 Å². The second-order valence-corrected chi connectivity index (χ2v) is 9.30. The Bertz CT molecular complexity index is 1470. The average molecular weight is 538 g/mol. The topological polar surface area (TPSA) is 103 Å². The van der Waals surface area contributed by atoms with Crippen LogP contribution in [-0.4, -0.2) is 48.2 Å². The molecule has 0 spiro atoms. The summed E-state index contributed by atoms with van der Waals surface area (Å²) in [6.45, 7) is 2.09. The fraction of sp³-hybridized carbons (Fsp3) is 0.241. The van der Waals surface area contributed by atoms with E-state index >= 15 is 0 Å². The van der Waals surface area contributed by atoms with E-state index in [2.05, 4.69) is 15.6 Å². The van der Waals surface area contributed by atoms with Crippen molar-refractivity contribution >= 4 is 34.3 Å². The number of carbonyl (C=O) groups is 2. The predicted octanol–water partition coefficient (Wildman–Crippen LogP) is 5.11. The number of H-pyrrole nitrogens is 1. The molecule has 0 fully saturated rings. The zero-order valence-electron chi connectivity index (χ0n) is 21.1. The van der Waals surface area contributed by atoms with Gasteiger partial charge in [-0.3, -0.25) is 9.59 Å². The van der Waals surface area contributed by atoms with Crippen LogP contribution >= 0.6 is 11.6 Å². The van der Waals surface area contributed by atoms with E-state index in [0.29, 0.717) is 40.9 Å². The first-order valence-electron chi connectivity index (χ1n) is 12.3. The Morgan fingerprint density at radius 2 is 1.82 bits per heavy atom. The normalized spacial score (nSPS) is 11.8. The largest absolute Gasteiger partial charge is 0.493 e. The van der Waals surface area contributed by atoms with Gasteiger partial charge in [-0.05, 0) is 72.0 Å². The first-order valence-corrected chi connectivity index (χ1v) is 12.7. The molecular weight excluding hydrogens is 509 g/mol. The van der Waals surface area contributed by atoms with Crippen molar-refractivity contribution in [2.24, 2.45) is 0 Å². The Hall–Kier alpha value is -3.88. The molecule has 0 saturated carbocycles. The lowest BCUT2D eigenvalue weighted by Gasteiger charge is -2.18. The molecule has 4 aromatic rings. The summed E-state index contributed by atoms with van der Waals surface area (Å²) in [7, 11) is 1.53. The maximum absolute atomic E-state index is 13.8. The first-order chi connectivity index (χ1) is 18.3. The minimum Gasteiger partial charge on any atom is -0.493 e. The van der Waals surface area contributed by atoms with Crippen molar-refractivity contribution < 1.29 is 23.8 Å². The van der Waals surface area contributed by atoms with Gasteiger partial charge in [-0.15, -0.1) is 0 Å². The number of halogens is 2. The monoisotopic (exact) mass is 537 g/mol. The van der Waals surface area contributed by atoms with Gasteiger partial charge in [0.05, 0.1) is 35.4 Å². The summed E-state index contributed by atoms with van der Waals surface area (Å²) >= 11 is 6.34. The van der Waals surface area contributed by atoms with Gasteiger partial charge in [0.2, 0.25) is 0 Å². The number of benzene rings is 3. The van der Waals surface area contributed by atoms with E-state index in [1.807, 2.05) is 13.0 Å². The fourth-order valence-electron chi connectivity index (χ4n) is 4.25. The lowest BCUT2D eigenvalue weighted by atomic mass is 10.00. The van der Waals surface area contributed by atoms with Crippen LogP contribution in [0.5, 0.6) is 5.75 Å². The summed E-state index contributed by atoms with van der Waals surface area (Å²) in [6.07, 6.45) is 2.81. The number of amides is 2. The SMILES string of the molecule is CCCOc1ccc(-c2ccc(C(=O)NC)c(Cl)c2)cc1C(=O)NC(CO)Cc1c[nH]c2ccc(F)cc12. The van der Waals surface area contributed by atoms with Crippen molar-refractivity contribution in [1.82, 2.24) is 15.6 Å². The van der Waals surface area contributed by atoms with Crippen LogP contribution < -0.4 is 15.4 Å². The third kappa shape index (κ3) is 5.98. The zero-order chi connectivity index (χ0) is 27.2. The van der Waals surface area contributed by atoms with Gasteiger partial charge >= 0.3 is 0 Å². The average Bonchev–Trinajstić information content (AvgIpc) is 3.32. The van der Waals surface area contributed by atoms with Gasteiger partial charge in [0, 0.05) is 24.1 Å². The number of carbonyl (C=O) groups excluding carboxylic acids is 2. The molecule has 9 heteroatoms. The highest BCUT2D eigenvalue weighted by Gasteiger charge is 2.20. The molecule has 1 atom stereocenters. The predicted molar refractivity (Wildman–Crippen MR) is 146 cm³/mol. The molecule has 3 aromatic carbocycles. The lowest BCUT2D eigenvalue weighted by Crippen LogP contribution is -2.39. The van der Waals surface area contributed by atoms with E-state index in [1.165, 1.54) is 19.2 Å². The maximum Gasteiger partial charge on any atom is 0.255 e. The van der Waals surface area contributed by atoms with Crippen molar-refractivity contribution in [3.63, 3.8) is 0 Å². The number of hydrogen-bond acceptors (Lipinski definition) is 4. The number of rotatable bonds is 10. The number of aromatic nitrogens is 1. The summed E-state index contributed by atoms with van der Waals surface area (Å²) in [6, 6.07) is 14.1. The second-order valence-electron chi connectivity index (χ2n) is 8.89. The van der Waals surface area contributed by atoms with Crippen molar-refractivity contribution in [3.8, 4) is 16.9 Å². The van der Waals surface area contributed by atoms with E-state index in [-0.39, 0.29) is 23.4 Å². The van der Waals surface area contributed by atoms with E-state index < -0.39 is 11.9 Å². The summed E-state index contributed by atoms with van der Waals surface area (Å²) < 4.78 is 19.6. The van der Waals surface area contributed by atoms with Crippen molar-refractivity contribution in [3.05, 3.63) is 88.3 Å². The smallest absolute Gasteiger partial charge is 0.255 e. The Morgan fingerprint density at radius 1 is 1.05 bits per heavy atom. The molecule has 1 aromatic heterocycles. The molecule has 38 heavy (non-hydrogen) atoms. The maximum atomic E-state index is 13.8. The van der Waals surface area contributed by atoms with Gasteiger partial charge in [0.15, 0.2) is 0 Å². The summed E-state index contributed by atoms with van der Waals surface area (Å²) in [5, 5.41) is 16.5. The number of fused-ring (bicyclic) bond motifs is 1. The van der Waals surface area contributed by atoms with Crippen LogP contribution in [0.25, 0.3) is 22.0 Å². The number of aromatic amines is 1. The minimum absolute atomic E-state index is 0.287. The Morgan fingerprint density at radius 3 is 2.53 bits per heavy atom. The molecule has 2 amide bonds. The highest BCUT2D eigenvalue weighted by atomic mass is 35.5. The number of hydrogen-bond donors (Lipinski definition) is 4. The van der Waals surface area contributed by atoms with Crippen molar-refractivity contribution in [2.75, 3.05) is 20.3 Å². The molecule has 0 bridgehead atoms. The van der Waals surface area contributed by atoms with Crippen LogP contribution in [0.15, 0.2) is 60.8 Å². The summed E-state index contributed by atoms with van der Waals surface area (Å²) in [5.41, 5.74) is 3.62. The molecular formula is C29H29ClFN3O4. The van der Waals surface area contributed by atoms with Gasteiger partial charge in [-0.2, -0.15) is 0 Å². The highest BCUT2D eigenvalue weighted by molar-refractivity contribution is 6.34. The molecule has 1 unspecified atom stereocenters. The molecule has 4 rings (SSSR count). The number of nitrogens with one attached hydrogen (secondary N) is 3. The van der Waals surface area contributed by atoms with Gasteiger partial charge < -0.3 is 25.5 Å². The van der Waals surface area contributed by atoms with Gasteiger partial charge in [0.25, 0.3) is 11.8 Å². The van der Waals surface area contributed by atoms with Crippen LogP contribution in [-0.2, 0) is 6.42 Å². The van der Waals surface area contributed by atoms with E-state index in [9.17, 15) is 19.1 Å². The molecule has 198 valence electrons. The molecule has 0 aliphatic heterocycles. The third-order valence-corrected chi connectivity index (χ3v) is 6.52. The number of aliphatic hydroxyl groups is 1. The molecule has 0 saturated heterocycles. The van der Waals surface area contributed by atoms with Crippen LogP contribution in [0.2, 0.25) is 5.02 Å². The Kier molecular flexibility index (Phi) is 8.66. The minimum atomic E-state index is -0.617. The quantitative estimate of drug-likeness (QED) is 0.226. The van der Waals surface area contributed by atoms with Gasteiger partial charge in [0.1, 0.15) is 11.6 Å². The standard InChI is InChI=1S/C29H29ClFN3O4/c1-3-10-38-27-9-5-17(18-4-7-22(25(30)13-18)28(36)32-2)12-24(27)29(37)34-21(16-35)11-19-15-33-26-8-6-20(31)14-23(19)26/h4-9,12-15,21,33,35H,3,10-11,16H2,1-2H3,(H,32,36)(H,34,37). The third-order valence-electron chi connectivity index (χ3n) is 6.21. The van der Waals surface area contributed by atoms with Crippen LogP contribution in [0.1, 0.15) is 39.6 Å². The summed E-state index contributed by atoms with van der Waals surface area (Å²) in [4.78, 5) is 28.5. The lowest BCUT2D eigenvalue weighted by molar-refractivity contribution is 0.0911. The van der Waals surface area contributed by atoms with Gasteiger partial charge in [-0.25, -0.2) is 4.39 Å². The van der Waals surface area contributed by atoms with E-state index in [4.69, 9.17) is 16.3 Å². The molecule has 0 radical (unpaired) electrons. The summed E-state index contributed by atoms with van der Waals surface area (Å²) in [5.74, 6) is -0.665. The Balaban J connectivity index is 1.61. The van der Waals surface area contributed by atoms with Crippen LogP contribution in [0.4, 0.5) is 4.39 Å². The van der Waals surface area contributed by atoms with E-state index in [0.717, 1.165) is 23.1 Å². The first kappa shape index (κ1) is 27.2. The van der Waals surface area contributed by atoms with Gasteiger partial charge in [-0.1, -0.05) is 30.7 Å². The molecule has 4 N–H and O–H groups in total. The van der Waals surface area contributed by atoms with Crippen LogP contribution in [0, 0.1) is 5.82 Å². The van der Waals surface area contributed by atoms with Crippen LogP contribution in [0.3, 0.4) is 0 Å². The second kappa shape index (κ2) is 12.1. The van der Waals surface area contributed by atoms with E-state index in [1.54, 1.807) is 42.6 Å². The fourth-order valence-corrected chi connectivity index (χ4v) is 4.51. The number of ether oxygens (including phenoxy) is 1. The number of aliphatic hydroxyl groups excluding tert-OH is 1. The van der Waals surface area contributed by atoms with Crippen molar-refractivity contribution in [1.29, 1.82) is 0 Å². The molecule has 0 aliphatic rings. The Labute approximate surface area is 225 Å².